The Hall–Kier alpha value is -4.58. The normalized spacial score (nSPS) is 16.6. The molecule has 3 heterocycles. The number of hydrogen-bond acceptors (Lipinski definition) is 8. The number of likely N-dealkylation sites (N-methyl/N-ethyl adjacent to an activating group) is 1. The van der Waals surface area contributed by atoms with E-state index in [-0.39, 0.29) is 42.4 Å². The summed E-state index contributed by atoms with van der Waals surface area (Å²) >= 11 is 0. The number of aliphatic hydroxyl groups is 1. The number of amides is 3. The van der Waals surface area contributed by atoms with Gasteiger partial charge in [-0.05, 0) is 36.1 Å². The summed E-state index contributed by atoms with van der Waals surface area (Å²) in [6, 6.07) is 12.8. The third-order valence-corrected chi connectivity index (χ3v) is 7.78. The Labute approximate surface area is 263 Å². The number of aromatic nitrogens is 5. The first-order chi connectivity index (χ1) is 21.2. The average molecular weight is 615 g/mol. The molecule has 5 rings (SSSR count). The number of urea groups is 1. The minimum absolute atomic E-state index is 0.0454. The molecule has 0 fully saturated rings. The zero-order valence-electron chi connectivity index (χ0n) is 27.0. The lowest BCUT2D eigenvalue weighted by molar-refractivity contribution is 0.0754. The fourth-order valence-corrected chi connectivity index (χ4v) is 5.36. The van der Waals surface area contributed by atoms with E-state index in [1.165, 1.54) is 4.90 Å². The van der Waals surface area contributed by atoms with E-state index < -0.39 is 17.4 Å². The van der Waals surface area contributed by atoms with Crippen LogP contribution < -0.4 is 15.4 Å². The molecule has 3 amide bonds. The number of hydrogen-bond donors (Lipinski definition) is 3. The molecule has 1 aromatic carbocycles. The molecule has 0 bridgehead atoms. The van der Waals surface area contributed by atoms with Gasteiger partial charge in [0.15, 0.2) is 5.65 Å². The van der Waals surface area contributed by atoms with Crippen LogP contribution >= 0.6 is 0 Å². The summed E-state index contributed by atoms with van der Waals surface area (Å²) < 4.78 is 8.49. The largest absolute Gasteiger partial charge is 0.484 e. The number of benzene rings is 1. The molecule has 4 aromatic rings. The van der Waals surface area contributed by atoms with Crippen LogP contribution in [-0.4, -0.2) is 66.7 Å². The van der Waals surface area contributed by atoms with Crippen molar-refractivity contribution >= 4 is 23.4 Å². The van der Waals surface area contributed by atoms with Gasteiger partial charge in [0, 0.05) is 30.5 Å². The number of aliphatic hydroxyl groups excluding tert-OH is 1. The fraction of sp³-hybridized carbons (Fsp3) is 0.455. The number of carbonyl (C=O) groups is 2. The molecule has 12 nitrogen and oxygen atoms in total. The maximum Gasteiger partial charge on any atom is 0.320 e. The predicted octanol–water partition coefficient (Wildman–Crippen LogP) is 4.96. The van der Waals surface area contributed by atoms with Crippen LogP contribution in [0.1, 0.15) is 99.8 Å². The summed E-state index contributed by atoms with van der Waals surface area (Å²) in [5, 5.41) is 23.8. The van der Waals surface area contributed by atoms with E-state index in [9.17, 15) is 14.7 Å². The lowest BCUT2D eigenvalue weighted by atomic mass is 9.85. The Kier molecular flexibility index (Phi) is 8.79. The van der Waals surface area contributed by atoms with Crippen molar-refractivity contribution in [2.24, 2.45) is 0 Å². The van der Waals surface area contributed by atoms with Crippen LogP contribution in [0.25, 0.3) is 5.65 Å². The molecular weight excluding hydrogens is 572 g/mol. The number of carbonyl (C=O) groups excluding carboxylic acids is 2. The summed E-state index contributed by atoms with van der Waals surface area (Å²) in [5.74, 6) is 1.30. The Morgan fingerprint density at radius 3 is 2.42 bits per heavy atom. The maximum absolute atomic E-state index is 13.3. The lowest BCUT2D eigenvalue weighted by Crippen LogP contribution is -2.36. The predicted molar refractivity (Wildman–Crippen MR) is 170 cm³/mol. The molecule has 0 saturated heterocycles. The van der Waals surface area contributed by atoms with Crippen molar-refractivity contribution in [3.63, 3.8) is 0 Å². The van der Waals surface area contributed by atoms with Gasteiger partial charge in [-0.2, -0.15) is 0 Å². The van der Waals surface area contributed by atoms with E-state index in [0.29, 0.717) is 24.3 Å². The lowest BCUT2D eigenvalue weighted by Gasteiger charge is -2.32. The molecule has 1 aliphatic rings. The van der Waals surface area contributed by atoms with Crippen LogP contribution in [0.5, 0.6) is 5.75 Å². The molecule has 0 aliphatic heterocycles. The standard InChI is InChI=1S/C33H42N8O4/c1-32(2,3)25-18-26(36-28(35-25)29(43)40(7)16-17-42)37-31(44)34-23-13-14-24(22-11-9-8-10-21(22)23)45-20-12-15-27-38-39-30(33(4,5)6)41(27)19-20/h8-12,15,18-19,23-24,42H,13-14,16-17H2,1-7H3,(H2,34,35,36,37,44)/t23-,24+/m0/s1. The van der Waals surface area contributed by atoms with Gasteiger partial charge >= 0.3 is 6.03 Å². The zero-order chi connectivity index (χ0) is 32.5. The number of nitrogens with one attached hydrogen (secondary N) is 2. The SMILES string of the molecule is CN(CCO)C(=O)c1nc(NC(=O)N[C@H]2CC[C@@H](Oc3ccc4nnc(C(C)(C)C)n4c3)c3ccccc32)cc(C(C)(C)C)n1. The second kappa shape index (κ2) is 12.4. The van der Waals surface area contributed by atoms with Crippen molar-refractivity contribution in [3.8, 4) is 5.75 Å². The number of rotatable bonds is 7. The molecule has 45 heavy (non-hydrogen) atoms. The Morgan fingerprint density at radius 1 is 1.00 bits per heavy atom. The zero-order valence-corrected chi connectivity index (χ0v) is 27.0. The molecule has 0 spiro atoms. The van der Waals surface area contributed by atoms with Crippen molar-refractivity contribution in [3.05, 3.63) is 77.1 Å². The van der Waals surface area contributed by atoms with Gasteiger partial charge in [-0.1, -0.05) is 65.8 Å². The first-order valence-electron chi connectivity index (χ1n) is 15.2. The number of ether oxygens (including phenoxy) is 1. The Morgan fingerprint density at radius 2 is 1.73 bits per heavy atom. The average Bonchev–Trinajstić information content (AvgIpc) is 3.42. The highest BCUT2D eigenvalue weighted by atomic mass is 16.5. The van der Waals surface area contributed by atoms with Crippen LogP contribution in [0.4, 0.5) is 10.6 Å². The van der Waals surface area contributed by atoms with Crippen molar-refractivity contribution in [2.45, 2.75) is 77.4 Å². The van der Waals surface area contributed by atoms with Gasteiger partial charge < -0.3 is 20.1 Å². The summed E-state index contributed by atoms with van der Waals surface area (Å²) in [7, 11) is 1.57. The van der Waals surface area contributed by atoms with Gasteiger partial charge in [-0.3, -0.25) is 14.5 Å². The van der Waals surface area contributed by atoms with Gasteiger partial charge in [0.2, 0.25) is 5.82 Å². The van der Waals surface area contributed by atoms with Gasteiger partial charge in [-0.25, -0.2) is 14.8 Å². The minimum atomic E-state index is -0.442. The first-order valence-corrected chi connectivity index (χ1v) is 15.2. The maximum atomic E-state index is 13.3. The van der Waals surface area contributed by atoms with Gasteiger partial charge in [0.25, 0.3) is 5.91 Å². The van der Waals surface area contributed by atoms with Crippen molar-refractivity contribution in [2.75, 3.05) is 25.5 Å². The van der Waals surface area contributed by atoms with E-state index in [1.807, 2.05) is 67.8 Å². The molecule has 3 N–H and O–H groups in total. The summed E-state index contributed by atoms with van der Waals surface area (Å²) in [5.41, 5.74) is 2.78. The minimum Gasteiger partial charge on any atom is -0.484 e. The van der Waals surface area contributed by atoms with Crippen LogP contribution in [-0.2, 0) is 10.8 Å². The number of pyridine rings is 1. The Bertz CT molecular complexity index is 1710. The van der Waals surface area contributed by atoms with E-state index in [4.69, 9.17) is 4.74 Å². The highest BCUT2D eigenvalue weighted by Gasteiger charge is 2.30. The van der Waals surface area contributed by atoms with E-state index in [2.05, 4.69) is 51.6 Å². The Balaban J connectivity index is 1.33. The molecule has 3 aromatic heterocycles. The number of anilines is 1. The first kappa shape index (κ1) is 31.8. The molecule has 0 radical (unpaired) electrons. The van der Waals surface area contributed by atoms with Gasteiger partial charge in [0.1, 0.15) is 23.5 Å². The molecule has 1 aliphatic carbocycles. The van der Waals surface area contributed by atoms with Crippen molar-refractivity contribution in [1.29, 1.82) is 0 Å². The smallest absolute Gasteiger partial charge is 0.320 e. The molecular formula is C33H42N8O4. The van der Waals surface area contributed by atoms with E-state index in [0.717, 1.165) is 22.6 Å². The highest BCUT2D eigenvalue weighted by Crippen LogP contribution is 2.39. The quantitative estimate of drug-likeness (QED) is 0.265. The third-order valence-electron chi connectivity index (χ3n) is 7.78. The van der Waals surface area contributed by atoms with E-state index in [1.54, 1.807) is 13.1 Å². The van der Waals surface area contributed by atoms with Crippen LogP contribution in [0.2, 0.25) is 0 Å². The second-order valence-corrected chi connectivity index (χ2v) is 13.5. The number of fused-ring (bicyclic) bond motifs is 2. The topological polar surface area (TPSA) is 147 Å². The molecule has 0 saturated carbocycles. The van der Waals surface area contributed by atoms with Crippen LogP contribution in [0.15, 0.2) is 48.7 Å². The van der Waals surface area contributed by atoms with Crippen molar-refractivity contribution in [1.82, 2.24) is 34.8 Å². The second-order valence-electron chi connectivity index (χ2n) is 13.5. The van der Waals surface area contributed by atoms with Crippen LogP contribution in [0.3, 0.4) is 0 Å². The van der Waals surface area contributed by atoms with Gasteiger partial charge in [-0.15, -0.1) is 10.2 Å². The number of nitrogens with zero attached hydrogens (tertiary/aromatic N) is 6. The van der Waals surface area contributed by atoms with Gasteiger partial charge in [0.05, 0.1) is 24.5 Å². The monoisotopic (exact) mass is 614 g/mol. The van der Waals surface area contributed by atoms with Crippen molar-refractivity contribution < 1.29 is 19.4 Å². The molecule has 238 valence electrons. The third kappa shape index (κ3) is 7.06. The summed E-state index contributed by atoms with van der Waals surface area (Å²) in [4.78, 5) is 36.4. The molecule has 12 heteroatoms. The summed E-state index contributed by atoms with van der Waals surface area (Å²) in [6.45, 7) is 12.2. The fourth-order valence-electron chi connectivity index (χ4n) is 5.36. The molecule has 0 unspecified atom stereocenters. The molecule has 2 atom stereocenters. The summed E-state index contributed by atoms with van der Waals surface area (Å²) in [6.07, 6.45) is 3.08. The highest BCUT2D eigenvalue weighted by molar-refractivity contribution is 5.92. The van der Waals surface area contributed by atoms with Crippen LogP contribution in [0, 0.1) is 0 Å². The van der Waals surface area contributed by atoms with E-state index >= 15 is 0 Å².